The van der Waals surface area contributed by atoms with Crippen molar-refractivity contribution in [1.82, 2.24) is 0 Å². The molecule has 0 aromatic carbocycles. The number of rotatable bonds is 0. The fourth-order valence-corrected chi connectivity index (χ4v) is 2.51. The lowest BCUT2D eigenvalue weighted by molar-refractivity contribution is -0.127. The van der Waals surface area contributed by atoms with Crippen LogP contribution in [0.3, 0.4) is 0 Å². The summed E-state index contributed by atoms with van der Waals surface area (Å²) in [6, 6.07) is 0. The molecule has 0 unspecified atom stereocenters. The number of halogens is 1. The number of hydrogen-bond donors (Lipinski definition) is 0. The topological polar surface area (TPSA) is 17.1 Å². The molecule has 1 rings (SSSR count). The van der Waals surface area contributed by atoms with Crippen molar-refractivity contribution >= 4 is 21.7 Å². The summed E-state index contributed by atoms with van der Waals surface area (Å²) in [5.74, 6) is 0.671. The van der Waals surface area contributed by atoms with Gasteiger partial charge in [-0.1, -0.05) is 43.1 Å². The molecule has 0 aliphatic heterocycles. The predicted molar refractivity (Wildman–Crippen MR) is 54.5 cm³/mol. The highest BCUT2D eigenvalue weighted by molar-refractivity contribution is 9.10. The van der Waals surface area contributed by atoms with E-state index in [1.807, 2.05) is 0 Å². The van der Waals surface area contributed by atoms with E-state index in [2.05, 4.69) is 36.7 Å². The van der Waals surface area contributed by atoms with Crippen LogP contribution in [-0.2, 0) is 4.79 Å². The first-order valence-electron chi connectivity index (χ1n) is 4.60. The quantitative estimate of drug-likeness (QED) is 0.587. The summed E-state index contributed by atoms with van der Waals surface area (Å²) in [5.41, 5.74) is 0.142. The van der Waals surface area contributed by atoms with Crippen molar-refractivity contribution in [2.45, 2.75) is 44.9 Å². The van der Waals surface area contributed by atoms with Crippen LogP contribution >= 0.6 is 15.9 Å². The van der Waals surface area contributed by atoms with Crippen molar-refractivity contribution < 1.29 is 4.79 Å². The van der Waals surface area contributed by atoms with E-state index >= 15 is 0 Å². The van der Waals surface area contributed by atoms with Crippen molar-refractivity contribution in [3.05, 3.63) is 0 Å². The monoisotopic (exact) mass is 232 g/mol. The highest BCUT2D eigenvalue weighted by Gasteiger charge is 2.36. The zero-order valence-corrected chi connectivity index (χ0v) is 9.65. The molecule has 12 heavy (non-hydrogen) atoms. The van der Waals surface area contributed by atoms with Crippen LogP contribution in [0.15, 0.2) is 0 Å². The van der Waals surface area contributed by atoms with Gasteiger partial charge in [-0.15, -0.1) is 0 Å². The Labute approximate surface area is 83.0 Å². The number of carbonyl (C=O) groups is 1. The third kappa shape index (κ3) is 2.09. The van der Waals surface area contributed by atoms with Gasteiger partial charge in [-0.05, 0) is 18.3 Å². The Hall–Kier alpha value is 0.150. The molecule has 0 aromatic rings. The maximum Gasteiger partial charge on any atom is 0.150 e. The first-order valence-corrected chi connectivity index (χ1v) is 5.52. The van der Waals surface area contributed by atoms with Crippen molar-refractivity contribution in [3.8, 4) is 0 Å². The summed E-state index contributed by atoms with van der Waals surface area (Å²) in [7, 11) is 0. The van der Waals surface area contributed by atoms with Crippen LogP contribution in [0.1, 0.15) is 40.0 Å². The number of ketones is 1. The Morgan fingerprint density at radius 2 is 1.92 bits per heavy atom. The minimum absolute atomic E-state index is 0.121. The Balaban J connectivity index is 2.71. The summed E-state index contributed by atoms with van der Waals surface area (Å²) >= 11 is 3.44. The van der Waals surface area contributed by atoms with Crippen molar-refractivity contribution in [3.63, 3.8) is 0 Å². The van der Waals surface area contributed by atoms with Gasteiger partial charge < -0.3 is 0 Å². The van der Waals surface area contributed by atoms with Gasteiger partial charge in [-0.3, -0.25) is 4.79 Å². The van der Waals surface area contributed by atoms with E-state index < -0.39 is 0 Å². The molecule has 2 atom stereocenters. The minimum atomic E-state index is 0.121. The maximum absolute atomic E-state index is 11.7. The summed E-state index contributed by atoms with van der Waals surface area (Å²) in [6.45, 7) is 6.46. The fraction of sp³-hybridized carbons (Fsp3) is 0.900. The van der Waals surface area contributed by atoms with Gasteiger partial charge in [0.05, 0.1) is 4.83 Å². The summed E-state index contributed by atoms with van der Waals surface area (Å²) in [5, 5.41) is 0. The molecular weight excluding hydrogens is 216 g/mol. The van der Waals surface area contributed by atoms with Crippen LogP contribution < -0.4 is 0 Å². The average molecular weight is 233 g/mol. The molecule has 0 N–H and O–H groups in total. The molecule has 1 fully saturated rings. The molecule has 0 saturated heterocycles. The predicted octanol–water partition coefficient (Wildman–Crippen LogP) is 3.17. The van der Waals surface area contributed by atoms with E-state index in [1.54, 1.807) is 0 Å². The zero-order valence-electron chi connectivity index (χ0n) is 8.06. The molecule has 0 radical (unpaired) electrons. The van der Waals surface area contributed by atoms with Crippen molar-refractivity contribution in [2.75, 3.05) is 0 Å². The van der Waals surface area contributed by atoms with Crippen LogP contribution in [0.4, 0.5) is 0 Å². The molecule has 1 saturated carbocycles. The third-order valence-electron chi connectivity index (χ3n) is 2.65. The lowest BCUT2D eigenvalue weighted by atomic mass is 9.72. The molecule has 0 spiro atoms. The average Bonchev–Trinajstić information content (AvgIpc) is 1.92. The molecule has 0 heterocycles. The molecule has 1 nitrogen and oxygen atoms in total. The summed E-state index contributed by atoms with van der Waals surface area (Å²) < 4.78 is 0. The van der Waals surface area contributed by atoms with Gasteiger partial charge in [0.25, 0.3) is 0 Å². The van der Waals surface area contributed by atoms with Crippen LogP contribution in [0.2, 0.25) is 0 Å². The van der Waals surface area contributed by atoms with Gasteiger partial charge in [0.15, 0.2) is 0 Å². The van der Waals surface area contributed by atoms with Crippen LogP contribution in [-0.4, -0.2) is 10.6 Å². The van der Waals surface area contributed by atoms with E-state index in [-0.39, 0.29) is 16.2 Å². The lowest BCUT2D eigenvalue weighted by Crippen LogP contribution is -2.36. The van der Waals surface area contributed by atoms with E-state index in [9.17, 15) is 4.79 Å². The second-order valence-electron chi connectivity index (χ2n) is 4.72. The van der Waals surface area contributed by atoms with Gasteiger partial charge in [-0.25, -0.2) is 0 Å². The van der Waals surface area contributed by atoms with Crippen LogP contribution in [0.5, 0.6) is 0 Å². The summed E-state index contributed by atoms with van der Waals surface area (Å²) in [4.78, 5) is 11.8. The first kappa shape index (κ1) is 10.2. The van der Waals surface area contributed by atoms with Gasteiger partial charge in [0.1, 0.15) is 5.78 Å². The Kier molecular flexibility index (Phi) is 2.97. The second-order valence-corrected chi connectivity index (χ2v) is 5.82. The summed E-state index contributed by atoms with van der Waals surface area (Å²) in [6.07, 6.45) is 3.28. The SMILES string of the molecule is CC(C)(C)[C@@H]1CCC[C@@H](Br)C1=O. The van der Waals surface area contributed by atoms with Crippen molar-refractivity contribution in [1.29, 1.82) is 0 Å². The van der Waals surface area contributed by atoms with Gasteiger partial charge in [-0.2, -0.15) is 0 Å². The maximum atomic E-state index is 11.7. The molecule has 2 heteroatoms. The molecule has 70 valence electrons. The number of Topliss-reactive ketones (excluding diaryl/α,β-unsaturated/α-hetero) is 1. The van der Waals surface area contributed by atoms with Crippen LogP contribution in [0, 0.1) is 11.3 Å². The first-order chi connectivity index (χ1) is 5.43. The van der Waals surface area contributed by atoms with E-state index in [4.69, 9.17) is 0 Å². The van der Waals surface area contributed by atoms with E-state index in [0.29, 0.717) is 5.78 Å². The molecular formula is C10H17BrO. The minimum Gasteiger partial charge on any atom is -0.298 e. The number of hydrogen-bond acceptors (Lipinski definition) is 1. The third-order valence-corrected chi connectivity index (χ3v) is 3.56. The molecule has 0 bridgehead atoms. The molecule has 0 aromatic heterocycles. The fourth-order valence-electron chi connectivity index (χ4n) is 1.86. The molecule has 1 aliphatic carbocycles. The normalized spacial score (nSPS) is 32.2. The van der Waals surface area contributed by atoms with Crippen molar-refractivity contribution in [2.24, 2.45) is 11.3 Å². The van der Waals surface area contributed by atoms with Gasteiger partial charge >= 0.3 is 0 Å². The molecule has 0 amide bonds. The Morgan fingerprint density at radius 1 is 1.33 bits per heavy atom. The zero-order chi connectivity index (χ0) is 9.35. The van der Waals surface area contributed by atoms with E-state index in [1.165, 1.54) is 6.42 Å². The highest BCUT2D eigenvalue weighted by atomic mass is 79.9. The Morgan fingerprint density at radius 3 is 2.33 bits per heavy atom. The standard InChI is InChI=1S/C10H17BrO/c1-10(2,3)7-5-4-6-8(11)9(7)12/h7-8H,4-6H2,1-3H3/t7-,8-/m1/s1. The second kappa shape index (κ2) is 3.49. The lowest BCUT2D eigenvalue weighted by Gasteiger charge is -2.34. The number of alkyl halides is 1. The highest BCUT2D eigenvalue weighted by Crippen LogP contribution is 2.37. The van der Waals surface area contributed by atoms with Gasteiger partial charge in [0.2, 0.25) is 0 Å². The smallest absolute Gasteiger partial charge is 0.150 e. The number of carbonyl (C=O) groups excluding carboxylic acids is 1. The molecule has 1 aliphatic rings. The largest absolute Gasteiger partial charge is 0.298 e. The van der Waals surface area contributed by atoms with Gasteiger partial charge in [0, 0.05) is 5.92 Å². The Bertz CT molecular complexity index is 181. The van der Waals surface area contributed by atoms with Crippen LogP contribution in [0.25, 0.3) is 0 Å². The van der Waals surface area contributed by atoms with E-state index in [0.717, 1.165) is 12.8 Å².